The number of aliphatic hydroxyl groups excluding tert-OH is 1. The second-order valence-electron chi connectivity index (χ2n) is 14.7. The molecule has 1 aliphatic heterocycles. The predicted molar refractivity (Wildman–Crippen MR) is 178 cm³/mol. The van der Waals surface area contributed by atoms with Crippen LogP contribution < -0.4 is 10.6 Å². The molecule has 8 nitrogen and oxygen atoms in total. The summed E-state index contributed by atoms with van der Waals surface area (Å²) < 4.78 is 0. The van der Waals surface area contributed by atoms with E-state index >= 15 is 0 Å². The van der Waals surface area contributed by atoms with Crippen LogP contribution in [0, 0.1) is 17.8 Å². The first-order valence-electron chi connectivity index (χ1n) is 16.2. The summed E-state index contributed by atoms with van der Waals surface area (Å²) in [6.07, 6.45) is 6.15. The van der Waals surface area contributed by atoms with Crippen molar-refractivity contribution in [3.05, 3.63) is 41.0 Å². The van der Waals surface area contributed by atoms with Crippen LogP contribution in [-0.4, -0.2) is 57.4 Å². The number of aliphatic hydroxyl groups is 1. The quantitative estimate of drug-likeness (QED) is 0.218. The maximum absolute atomic E-state index is 13.9. The molecule has 3 rings (SSSR count). The van der Waals surface area contributed by atoms with Gasteiger partial charge in [-0.15, -0.1) is 11.3 Å². The van der Waals surface area contributed by atoms with E-state index in [-0.39, 0.29) is 36.7 Å². The molecule has 2 aromatic rings. The number of likely N-dealkylation sites (tertiary alicyclic amines) is 1. The van der Waals surface area contributed by atoms with E-state index in [2.05, 4.69) is 36.4 Å². The van der Waals surface area contributed by atoms with Gasteiger partial charge in [0.1, 0.15) is 12.1 Å². The Morgan fingerprint density at radius 2 is 1.64 bits per heavy atom. The van der Waals surface area contributed by atoms with E-state index in [0.717, 1.165) is 41.0 Å². The number of aryl methyl sites for hydroxylation is 1. The number of nitrogens with one attached hydrogen (secondary N) is 2. The van der Waals surface area contributed by atoms with Gasteiger partial charge in [-0.05, 0) is 48.6 Å². The van der Waals surface area contributed by atoms with Gasteiger partial charge in [0.25, 0.3) is 0 Å². The van der Waals surface area contributed by atoms with Gasteiger partial charge >= 0.3 is 0 Å². The van der Waals surface area contributed by atoms with E-state index < -0.39 is 23.6 Å². The minimum atomic E-state index is -0.811. The van der Waals surface area contributed by atoms with Crippen molar-refractivity contribution < 1.29 is 19.5 Å². The molecule has 0 spiro atoms. The van der Waals surface area contributed by atoms with Crippen LogP contribution in [0.1, 0.15) is 117 Å². The fraction of sp³-hybridized carbons (Fsp3) is 0.657. The number of aromatic nitrogens is 1. The van der Waals surface area contributed by atoms with E-state index in [1.54, 1.807) is 11.3 Å². The van der Waals surface area contributed by atoms with Crippen molar-refractivity contribution in [2.45, 2.75) is 131 Å². The van der Waals surface area contributed by atoms with Crippen molar-refractivity contribution in [2.75, 3.05) is 6.54 Å². The number of benzene rings is 1. The van der Waals surface area contributed by atoms with Crippen molar-refractivity contribution in [3.63, 3.8) is 0 Å². The molecule has 9 heteroatoms. The monoisotopic (exact) mass is 626 g/mol. The minimum absolute atomic E-state index is 0.0607. The Morgan fingerprint density at radius 3 is 2.23 bits per heavy atom. The van der Waals surface area contributed by atoms with Gasteiger partial charge in [-0.1, -0.05) is 91.5 Å². The molecule has 44 heavy (non-hydrogen) atoms. The fourth-order valence-corrected chi connectivity index (χ4v) is 6.53. The van der Waals surface area contributed by atoms with Crippen molar-refractivity contribution >= 4 is 29.1 Å². The first-order chi connectivity index (χ1) is 20.6. The molecular weight excluding hydrogens is 572 g/mol. The molecule has 4 atom stereocenters. The van der Waals surface area contributed by atoms with Crippen LogP contribution in [-0.2, 0) is 14.4 Å². The number of thiazole rings is 1. The van der Waals surface area contributed by atoms with E-state index in [0.29, 0.717) is 11.8 Å². The average Bonchev–Trinajstić information content (AvgIpc) is 3.55. The van der Waals surface area contributed by atoms with Crippen LogP contribution in [0.3, 0.4) is 0 Å². The molecule has 1 aromatic carbocycles. The minimum Gasteiger partial charge on any atom is -0.391 e. The Bertz CT molecular complexity index is 1240. The smallest absolute Gasteiger partial charge is 0.246 e. The second kappa shape index (κ2) is 15.5. The van der Waals surface area contributed by atoms with Crippen LogP contribution in [0.5, 0.6) is 0 Å². The van der Waals surface area contributed by atoms with Gasteiger partial charge < -0.3 is 20.6 Å². The number of hydrogen-bond donors (Lipinski definition) is 3. The fourth-order valence-electron chi connectivity index (χ4n) is 5.72. The molecule has 2 heterocycles. The van der Waals surface area contributed by atoms with Crippen LogP contribution in [0.2, 0.25) is 0 Å². The van der Waals surface area contributed by atoms with Crippen LogP contribution in [0.25, 0.3) is 10.4 Å². The Hall–Kier alpha value is -2.78. The zero-order valence-electron chi connectivity index (χ0n) is 28.0. The highest BCUT2D eigenvalue weighted by atomic mass is 32.1. The molecule has 0 radical (unpaired) electrons. The summed E-state index contributed by atoms with van der Waals surface area (Å²) in [4.78, 5) is 47.2. The van der Waals surface area contributed by atoms with E-state index in [4.69, 9.17) is 0 Å². The Balaban J connectivity index is 1.57. The molecular formula is C35H54N4O4S. The summed E-state index contributed by atoms with van der Waals surface area (Å²) in [5, 5.41) is 16.5. The highest BCUT2D eigenvalue weighted by molar-refractivity contribution is 7.13. The number of carbonyl (C=O) groups excluding carboxylic acids is 3. The molecule has 1 fully saturated rings. The number of rotatable bonds is 13. The van der Waals surface area contributed by atoms with Gasteiger partial charge in [0.15, 0.2) is 0 Å². The molecule has 1 aromatic heterocycles. The lowest BCUT2D eigenvalue weighted by molar-refractivity contribution is -0.144. The van der Waals surface area contributed by atoms with Crippen LogP contribution in [0.4, 0.5) is 0 Å². The standard InChI is InChI=1S/C35H54N4O4S/c1-23(25-15-17-26(18-16-25)30-24(2)36-22-44-30)37-32(42)28-20-27(40)21-39(28)33(43)31(35(6,7)8)38-29(41)14-12-10-9-11-13-19-34(3,4)5/h15-18,22-23,27-28,31,40H,9-14,19-21H2,1-8H3,(H,37,42)(H,38,41)/t23-,27+,28?,31+/m0/s1. The highest BCUT2D eigenvalue weighted by Crippen LogP contribution is 2.30. The normalized spacial score (nSPS) is 18.6. The summed E-state index contributed by atoms with van der Waals surface area (Å²) in [6.45, 7) is 16.5. The third kappa shape index (κ3) is 10.4. The van der Waals surface area contributed by atoms with Gasteiger partial charge in [-0.3, -0.25) is 14.4 Å². The number of nitrogens with zero attached hydrogens (tertiary/aromatic N) is 2. The Kier molecular flexibility index (Phi) is 12.6. The number of carbonyl (C=O) groups is 3. The summed E-state index contributed by atoms with van der Waals surface area (Å²) in [7, 11) is 0. The SMILES string of the molecule is Cc1ncsc1-c1ccc([C@H](C)NC(=O)C2C[C@@H](O)CN2C(=O)[C@@H](NC(=O)CCCCCCCC(C)(C)C)C(C)(C)C)cc1. The van der Waals surface area contributed by atoms with Gasteiger partial charge in [0.2, 0.25) is 17.7 Å². The second-order valence-corrected chi connectivity index (χ2v) is 15.6. The lowest BCUT2D eigenvalue weighted by Crippen LogP contribution is -2.57. The van der Waals surface area contributed by atoms with Crippen molar-refractivity contribution in [1.29, 1.82) is 0 Å². The molecule has 0 bridgehead atoms. The largest absolute Gasteiger partial charge is 0.391 e. The molecule has 244 valence electrons. The third-order valence-corrected chi connectivity index (χ3v) is 9.37. The van der Waals surface area contributed by atoms with Crippen LogP contribution in [0.15, 0.2) is 29.8 Å². The molecule has 3 N–H and O–H groups in total. The molecule has 0 saturated carbocycles. The summed E-state index contributed by atoms with van der Waals surface area (Å²) in [5.74, 6) is -0.795. The highest BCUT2D eigenvalue weighted by Gasteiger charge is 2.44. The maximum Gasteiger partial charge on any atom is 0.246 e. The number of amides is 3. The molecule has 3 amide bonds. The van der Waals surface area contributed by atoms with E-state index in [1.807, 2.05) is 64.4 Å². The topological polar surface area (TPSA) is 112 Å². The molecule has 1 aliphatic rings. The summed E-state index contributed by atoms with van der Waals surface area (Å²) in [6, 6.07) is 6.12. The van der Waals surface area contributed by atoms with Gasteiger partial charge in [-0.2, -0.15) is 0 Å². The number of unbranched alkanes of at least 4 members (excludes halogenated alkanes) is 4. The molecule has 1 saturated heterocycles. The van der Waals surface area contributed by atoms with E-state index in [9.17, 15) is 19.5 Å². The van der Waals surface area contributed by atoms with Gasteiger partial charge in [0.05, 0.1) is 28.2 Å². The van der Waals surface area contributed by atoms with Crippen LogP contribution >= 0.6 is 11.3 Å². The van der Waals surface area contributed by atoms with Gasteiger partial charge in [-0.25, -0.2) is 4.98 Å². The zero-order valence-corrected chi connectivity index (χ0v) is 28.9. The van der Waals surface area contributed by atoms with E-state index in [1.165, 1.54) is 24.2 Å². The van der Waals surface area contributed by atoms with Crippen molar-refractivity contribution in [1.82, 2.24) is 20.5 Å². The Morgan fingerprint density at radius 1 is 1.00 bits per heavy atom. The first kappa shape index (κ1) is 35.7. The van der Waals surface area contributed by atoms with Crippen molar-refractivity contribution in [3.8, 4) is 10.4 Å². The van der Waals surface area contributed by atoms with Gasteiger partial charge in [0, 0.05) is 19.4 Å². The first-order valence-corrected chi connectivity index (χ1v) is 17.0. The summed E-state index contributed by atoms with van der Waals surface area (Å²) >= 11 is 1.59. The predicted octanol–water partition coefficient (Wildman–Crippen LogP) is 6.57. The Labute approximate surface area is 268 Å². The molecule has 1 unspecified atom stereocenters. The lowest BCUT2D eigenvalue weighted by Gasteiger charge is -2.35. The number of hydrogen-bond acceptors (Lipinski definition) is 6. The van der Waals surface area contributed by atoms with Crippen molar-refractivity contribution in [2.24, 2.45) is 10.8 Å². The third-order valence-electron chi connectivity index (χ3n) is 8.39. The number of β-amino-alcohol motifs (C(OH)–C–C–N with tert-alkyl or cyclic N) is 1. The zero-order chi connectivity index (χ0) is 32.7. The average molecular weight is 627 g/mol. The summed E-state index contributed by atoms with van der Waals surface area (Å²) in [5.41, 5.74) is 4.62. The molecule has 0 aliphatic carbocycles. The maximum atomic E-state index is 13.9. The lowest BCUT2D eigenvalue weighted by atomic mass is 9.85.